The van der Waals surface area contributed by atoms with Gasteiger partial charge in [0.05, 0.1) is 28.8 Å². The second-order valence-corrected chi connectivity index (χ2v) is 13.0. The molecule has 2 aliphatic carbocycles. The van der Waals surface area contributed by atoms with Gasteiger partial charge in [-0.3, -0.25) is 33.7 Å². The maximum Gasteiger partial charge on any atom is 0.253 e. The number of hydrogen-bond acceptors (Lipinski definition) is 11. The van der Waals surface area contributed by atoms with Gasteiger partial charge in [-0.2, -0.15) is 0 Å². The Morgan fingerprint density at radius 1 is 1.06 bits per heavy atom. The lowest BCUT2D eigenvalue weighted by molar-refractivity contribution is -0.137. The third kappa shape index (κ3) is 5.09. The standard InChI is InChI=1S/C39H31N3O10/c1-3-21(17-23(44)9-8-16-42-30(47)14-15-31(42)48)37(51)40-22-12-13-24-25(18-22)36(50)32-27(45)19-26-34(33(32)35(24)49)41-28-10-6-4-5-7-11-29(46)39(26)38(28,52-39)20(2)43/h3-5,12-15,18-21,28-29,41,43,45-46H,1,8-9,16-17H2,2H3,(H,40,51)/b5-4-/t20-,21-,28+,29-,38+,39+/m1/s1. The number of epoxide rings is 1. The maximum atomic E-state index is 14.2. The zero-order chi connectivity index (χ0) is 37.1. The van der Waals surface area contributed by atoms with Gasteiger partial charge in [-0.1, -0.05) is 29.8 Å². The lowest BCUT2D eigenvalue weighted by atomic mass is 9.69. The Morgan fingerprint density at radius 2 is 1.75 bits per heavy atom. The van der Waals surface area contributed by atoms with Crippen LogP contribution in [0.25, 0.3) is 0 Å². The number of allylic oxidation sites excluding steroid dienone is 2. The first-order chi connectivity index (χ1) is 24.8. The highest BCUT2D eigenvalue weighted by Crippen LogP contribution is 2.67. The van der Waals surface area contributed by atoms with Crippen molar-refractivity contribution in [2.75, 3.05) is 17.2 Å². The molecule has 262 valence electrons. The summed E-state index contributed by atoms with van der Waals surface area (Å²) in [6.07, 6.45) is 3.90. The van der Waals surface area contributed by atoms with E-state index in [9.17, 15) is 44.1 Å². The van der Waals surface area contributed by atoms with Crippen molar-refractivity contribution in [2.24, 2.45) is 5.92 Å². The molecule has 13 nitrogen and oxygen atoms in total. The van der Waals surface area contributed by atoms with Crippen molar-refractivity contribution in [3.05, 3.63) is 89.0 Å². The van der Waals surface area contributed by atoms with Crippen molar-refractivity contribution >= 4 is 46.4 Å². The van der Waals surface area contributed by atoms with Crippen molar-refractivity contribution in [3.8, 4) is 29.4 Å². The average Bonchev–Trinajstić information content (AvgIpc) is 3.76. The van der Waals surface area contributed by atoms with E-state index in [1.807, 2.05) is 0 Å². The molecule has 52 heavy (non-hydrogen) atoms. The molecule has 1 saturated heterocycles. The topological polar surface area (TPSA) is 203 Å². The molecular formula is C39H31N3O10. The molecule has 0 saturated carbocycles. The summed E-state index contributed by atoms with van der Waals surface area (Å²) in [7, 11) is 0. The van der Waals surface area contributed by atoms with Crippen LogP contribution >= 0.6 is 0 Å². The van der Waals surface area contributed by atoms with Gasteiger partial charge in [-0.25, -0.2) is 0 Å². The van der Waals surface area contributed by atoms with Crippen molar-refractivity contribution in [2.45, 2.75) is 55.6 Å². The SMILES string of the molecule is C=C[C@H](CC(=O)CCCN1C(=O)C=CC1=O)C(=O)Nc1ccc2c(c1)C(=O)c1c(O)cc3c(c1C2=O)N[C@H]1C#C/C=C\C#C[C@@H](O)[C@@]32O[C@@]12[C@@H](C)O. The normalized spacial score (nSPS) is 26.1. The summed E-state index contributed by atoms with van der Waals surface area (Å²) in [6, 6.07) is 4.34. The van der Waals surface area contributed by atoms with E-state index in [1.54, 1.807) is 0 Å². The van der Waals surface area contributed by atoms with Crippen LogP contribution in [0, 0.1) is 29.6 Å². The number of aromatic hydroxyl groups is 1. The molecule has 0 aromatic heterocycles. The first-order valence-corrected chi connectivity index (χ1v) is 16.5. The smallest absolute Gasteiger partial charge is 0.253 e. The molecule has 0 unspecified atom stereocenters. The first-order valence-electron chi connectivity index (χ1n) is 16.5. The molecule has 3 heterocycles. The van der Waals surface area contributed by atoms with Gasteiger partial charge >= 0.3 is 0 Å². The molecule has 7 rings (SSSR count). The van der Waals surface area contributed by atoms with Crippen LogP contribution in [0.4, 0.5) is 11.4 Å². The third-order valence-electron chi connectivity index (χ3n) is 10.0. The molecule has 1 fully saturated rings. The molecule has 0 spiro atoms. The van der Waals surface area contributed by atoms with E-state index in [0.717, 1.165) is 17.1 Å². The number of Topliss-reactive ketones (excluding diaryl/α,β-unsaturated/α-hetero) is 1. The molecule has 0 radical (unpaired) electrons. The van der Waals surface area contributed by atoms with Crippen LogP contribution in [0.1, 0.15) is 63.6 Å². The van der Waals surface area contributed by atoms with Crippen LogP contribution in [0.15, 0.2) is 61.2 Å². The fourth-order valence-electron chi connectivity index (χ4n) is 7.47. The van der Waals surface area contributed by atoms with E-state index in [-0.39, 0.29) is 70.8 Å². The van der Waals surface area contributed by atoms with Crippen LogP contribution in [-0.4, -0.2) is 85.7 Å². The first kappa shape index (κ1) is 34.3. The number of ketones is 3. The molecule has 2 bridgehead atoms. The van der Waals surface area contributed by atoms with Crippen LogP contribution in [-0.2, 0) is 29.5 Å². The molecule has 2 aromatic rings. The van der Waals surface area contributed by atoms with Gasteiger partial charge in [0.25, 0.3) is 11.8 Å². The van der Waals surface area contributed by atoms with Crippen LogP contribution in [0.5, 0.6) is 5.75 Å². The summed E-state index contributed by atoms with van der Waals surface area (Å²) in [5.41, 5.74) is -3.41. The number of anilines is 2. The summed E-state index contributed by atoms with van der Waals surface area (Å²) < 4.78 is 6.18. The van der Waals surface area contributed by atoms with Crippen LogP contribution in [0.2, 0.25) is 0 Å². The highest BCUT2D eigenvalue weighted by Gasteiger charge is 2.82. The monoisotopic (exact) mass is 701 g/mol. The minimum Gasteiger partial charge on any atom is -0.507 e. The average molecular weight is 702 g/mol. The number of carbonyl (C=O) groups is 6. The van der Waals surface area contributed by atoms with E-state index in [1.165, 1.54) is 49.4 Å². The minimum atomic E-state index is -1.70. The Hall–Kier alpha value is -6.12. The lowest BCUT2D eigenvalue weighted by Crippen LogP contribution is -2.54. The number of rotatable bonds is 10. The van der Waals surface area contributed by atoms with E-state index < -0.39 is 70.4 Å². The zero-order valence-electron chi connectivity index (χ0n) is 27.7. The Labute approximate surface area is 297 Å². The quantitative estimate of drug-likeness (QED) is 0.0676. The number of ether oxygens (including phenoxy) is 1. The summed E-state index contributed by atoms with van der Waals surface area (Å²) in [4.78, 5) is 78.5. The fraction of sp³-hybridized carbons (Fsp3) is 0.282. The number of amides is 3. The van der Waals surface area contributed by atoms with E-state index in [4.69, 9.17) is 4.74 Å². The highest BCUT2D eigenvalue weighted by atomic mass is 16.7. The predicted octanol–water partition coefficient (Wildman–Crippen LogP) is 1.65. The summed E-state index contributed by atoms with van der Waals surface area (Å²) in [6.45, 7) is 5.21. The summed E-state index contributed by atoms with van der Waals surface area (Å²) in [5.74, 6) is 6.52. The minimum absolute atomic E-state index is 0.0177. The number of nitrogens with one attached hydrogen (secondary N) is 2. The van der Waals surface area contributed by atoms with Gasteiger partial charge in [0.1, 0.15) is 17.6 Å². The van der Waals surface area contributed by atoms with E-state index in [0.29, 0.717) is 0 Å². The second kappa shape index (κ2) is 12.6. The largest absolute Gasteiger partial charge is 0.507 e. The molecule has 2 aromatic carbocycles. The molecule has 3 aliphatic heterocycles. The molecule has 6 atom stereocenters. The maximum absolute atomic E-state index is 14.2. The number of benzene rings is 2. The predicted molar refractivity (Wildman–Crippen MR) is 184 cm³/mol. The Bertz CT molecular complexity index is 2210. The van der Waals surface area contributed by atoms with Crippen molar-refractivity contribution in [1.29, 1.82) is 0 Å². The Morgan fingerprint density at radius 3 is 2.44 bits per heavy atom. The number of carbonyl (C=O) groups excluding carboxylic acids is 6. The number of aliphatic hydroxyl groups is 2. The van der Waals surface area contributed by atoms with E-state index in [2.05, 4.69) is 40.9 Å². The number of aliphatic hydroxyl groups excluding tert-OH is 2. The van der Waals surface area contributed by atoms with E-state index >= 15 is 0 Å². The van der Waals surface area contributed by atoms with Gasteiger partial charge < -0.3 is 30.7 Å². The van der Waals surface area contributed by atoms with Gasteiger partial charge in [0.15, 0.2) is 28.9 Å². The molecule has 3 amide bonds. The lowest BCUT2D eigenvalue weighted by Gasteiger charge is -2.37. The number of hydrogen-bond donors (Lipinski definition) is 5. The number of fused-ring (bicyclic) bond motifs is 4. The molecule has 5 N–H and O–H groups in total. The Kier molecular flexibility index (Phi) is 8.31. The van der Waals surface area contributed by atoms with Gasteiger partial charge in [-0.15, -0.1) is 6.58 Å². The number of imide groups is 1. The molecule has 5 aliphatic rings. The van der Waals surface area contributed by atoms with Crippen molar-refractivity contribution in [3.63, 3.8) is 0 Å². The number of nitrogens with zero attached hydrogens (tertiary/aromatic N) is 1. The molecule has 13 heteroatoms. The summed E-state index contributed by atoms with van der Waals surface area (Å²) in [5, 5.41) is 39.4. The van der Waals surface area contributed by atoms with Crippen molar-refractivity contribution < 1.29 is 48.8 Å². The van der Waals surface area contributed by atoms with Gasteiger partial charge in [0, 0.05) is 53.9 Å². The number of phenolic OH excluding ortho intramolecular Hbond substituents is 1. The van der Waals surface area contributed by atoms with Crippen molar-refractivity contribution in [1.82, 2.24) is 4.90 Å². The fourth-order valence-corrected chi connectivity index (χ4v) is 7.47. The second-order valence-electron chi connectivity index (χ2n) is 13.0. The third-order valence-corrected chi connectivity index (χ3v) is 10.0. The van der Waals surface area contributed by atoms with Crippen LogP contribution < -0.4 is 10.6 Å². The van der Waals surface area contributed by atoms with Gasteiger partial charge in [0.2, 0.25) is 5.91 Å². The summed E-state index contributed by atoms with van der Waals surface area (Å²) >= 11 is 0. The van der Waals surface area contributed by atoms with Gasteiger partial charge in [-0.05, 0) is 49.8 Å². The van der Waals surface area contributed by atoms with Crippen LogP contribution in [0.3, 0.4) is 0 Å². The highest BCUT2D eigenvalue weighted by molar-refractivity contribution is 6.31. The zero-order valence-corrected chi connectivity index (χ0v) is 27.7. The number of phenols is 1. The molecular weight excluding hydrogens is 670 g/mol. The Balaban J connectivity index is 1.14.